The van der Waals surface area contributed by atoms with Crippen LogP contribution < -0.4 is 5.32 Å². The first-order valence-electron chi connectivity index (χ1n) is 4.67. The average molecular weight is 227 g/mol. The maximum Gasteiger partial charge on any atom is 0.326 e. The van der Waals surface area contributed by atoms with Gasteiger partial charge in [0.05, 0.1) is 12.5 Å². The molecule has 0 radical (unpaired) electrons. The second-order valence-electron chi connectivity index (χ2n) is 3.27. The smallest absolute Gasteiger partial charge is 0.326 e. The fourth-order valence-electron chi connectivity index (χ4n) is 1.19. The third-order valence-corrected chi connectivity index (χ3v) is 2.07. The van der Waals surface area contributed by atoms with E-state index < -0.39 is 17.9 Å². The molecular formula is C9H13N3O4. The summed E-state index contributed by atoms with van der Waals surface area (Å²) in [6.07, 6.45) is 2.75. The molecule has 7 heteroatoms. The molecule has 1 atom stereocenters. The van der Waals surface area contributed by atoms with Crippen LogP contribution in [0.25, 0.3) is 0 Å². The maximum absolute atomic E-state index is 11.6. The highest BCUT2D eigenvalue weighted by Crippen LogP contribution is 1.99. The highest BCUT2D eigenvalue weighted by molar-refractivity contribution is 5.95. The molecule has 0 saturated heterocycles. The van der Waals surface area contributed by atoms with E-state index in [0.717, 1.165) is 0 Å². The Labute approximate surface area is 91.7 Å². The van der Waals surface area contributed by atoms with Crippen LogP contribution in [0.3, 0.4) is 0 Å². The molecule has 0 aliphatic rings. The van der Waals surface area contributed by atoms with Crippen molar-refractivity contribution < 1.29 is 19.8 Å². The number of hydrogen-bond donors (Lipinski definition) is 3. The van der Waals surface area contributed by atoms with E-state index in [4.69, 9.17) is 10.2 Å². The zero-order valence-electron chi connectivity index (χ0n) is 8.75. The summed E-state index contributed by atoms with van der Waals surface area (Å²) in [5.41, 5.74) is 0.268. The summed E-state index contributed by atoms with van der Waals surface area (Å²) in [6, 6.07) is -1.09. The molecule has 1 heterocycles. The molecule has 1 aromatic rings. The Morgan fingerprint density at radius 2 is 2.31 bits per heavy atom. The number of carboxylic acids is 1. The number of nitrogens with one attached hydrogen (secondary N) is 1. The van der Waals surface area contributed by atoms with Crippen molar-refractivity contribution in [2.75, 3.05) is 6.61 Å². The second kappa shape index (κ2) is 5.26. The van der Waals surface area contributed by atoms with Crippen molar-refractivity contribution in [2.24, 2.45) is 7.05 Å². The largest absolute Gasteiger partial charge is 0.480 e. The minimum Gasteiger partial charge on any atom is -0.480 e. The van der Waals surface area contributed by atoms with Gasteiger partial charge in [-0.25, -0.2) is 9.78 Å². The van der Waals surface area contributed by atoms with E-state index in [9.17, 15) is 9.59 Å². The Kier molecular flexibility index (Phi) is 4.01. The van der Waals surface area contributed by atoms with Crippen LogP contribution in [0, 0.1) is 0 Å². The summed E-state index contributed by atoms with van der Waals surface area (Å²) in [6.45, 7) is -0.303. The van der Waals surface area contributed by atoms with Gasteiger partial charge in [0.15, 0.2) is 0 Å². The lowest BCUT2D eigenvalue weighted by Gasteiger charge is -2.12. The number of rotatable bonds is 5. The van der Waals surface area contributed by atoms with E-state index in [2.05, 4.69) is 10.3 Å². The number of hydrogen-bond acceptors (Lipinski definition) is 4. The van der Waals surface area contributed by atoms with Gasteiger partial charge in [0.25, 0.3) is 5.91 Å². The van der Waals surface area contributed by atoms with Gasteiger partial charge in [-0.3, -0.25) is 4.79 Å². The van der Waals surface area contributed by atoms with Crippen molar-refractivity contribution in [3.05, 3.63) is 18.2 Å². The van der Waals surface area contributed by atoms with Crippen LogP contribution in [0.1, 0.15) is 16.9 Å². The van der Waals surface area contributed by atoms with Crippen molar-refractivity contribution in [3.63, 3.8) is 0 Å². The number of carbonyl (C=O) groups excluding carboxylic acids is 1. The zero-order chi connectivity index (χ0) is 12.1. The molecule has 16 heavy (non-hydrogen) atoms. The molecule has 1 amide bonds. The molecule has 0 aromatic carbocycles. The topological polar surface area (TPSA) is 104 Å². The second-order valence-corrected chi connectivity index (χ2v) is 3.27. The Balaban J connectivity index is 2.69. The van der Waals surface area contributed by atoms with Crippen LogP contribution in [-0.4, -0.2) is 44.3 Å². The van der Waals surface area contributed by atoms with Gasteiger partial charge in [-0.15, -0.1) is 0 Å². The van der Waals surface area contributed by atoms with Crippen molar-refractivity contribution in [2.45, 2.75) is 12.5 Å². The average Bonchev–Trinajstić information content (AvgIpc) is 2.63. The van der Waals surface area contributed by atoms with Crippen molar-refractivity contribution in [3.8, 4) is 0 Å². The number of aliphatic hydroxyl groups excluding tert-OH is 1. The van der Waals surface area contributed by atoms with Gasteiger partial charge in [-0.1, -0.05) is 0 Å². The third kappa shape index (κ3) is 2.80. The van der Waals surface area contributed by atoms with Gasteiger partial charge in [0.1, 0.15) is 11.7 Å². The number of amides is 1. The lowest BCUT2D eigenvalue weighted by molar-refractivity contribution is -0.139. The molecule has 1 rings (SSSR count). The first kappa shape index (κ1) is 12.2. The Morgan fingerprint density at radius 3 is 2.75 bits per heavy atom. The molecule has 3 N–H and O–H groups in total. The molecule has 0 aliphatic heterocycles. The Hall–Kier alpha value is -1.89. The Bertz CT molecular complexity index is 388. The van der Waals surface area contributed by atoms with E-state index in [1.54, 1.807) is 7.05 Å². The minimum absolute atomic E-state index is 0.0288. The van der Waals surface area contributed by atoms with E-state index in [1.165, 1.54) is 17.1 Å². The number of aliphatic carboxylic acids is 1. The van der Waals surface area contributed by atoms with Crippen LogP contribution in [0.15, 0.2) is 12.5 Å². The lowest BCUT2D eigenvalue weighted by Crippen LogP contribution is -2.41. The van der Waals surface area contributed by atoms with Crippen molar-refractivity contribution >= 4 is 11.9 Å². The van der Waals surface area contributed by atoms with E-state index in [-0.39, 0.29) is 18.7 Å². The third-order valence-electron chi connectivity index (χ3n) is 2.07. The van der Waals surface area contributed by atoms with Gasteiger partial charge in [0, 0.05) is 20.1 Å². The van der Waals surface area contributed by atoms with Gasteiger partial charge in [-0.05, 0) is 0 Å². The van der Waals surface area contributed by atoms with Crippen LogP contribution in [-0.2, 0) is 11.8 Å². The molecule has 0 fully saturated rings. The number of aryl methyl sites for hydroxylation is 1. The molecule has 7 nitrogen and oxygen atoms in total. The Morgan fingerprint density at radius 1 is 1.62 bits per heavy atom. The SMILES string of the molecule is Cn1cncc1C(=O)NC(CCO)C(=O)O. The quantitative estimate of drug-likeness (QED) is 0.597. The number of carboxylic acid groups (broad SMARTS) is 1. The normalized spacial score (nSPS) is 12.1. The number of carbonyl (C=O) groups is 2. The van der Waals surface area contributed by atoms with E-state index in [0.29, 0.717) is 0 Å². The highest BCUT2D eigenvalue weighted by atomic mass is 16.4. The molecule has 0 spiro atoms. The summed E-state index contributed by atoms with van der Waals surface area (Å²) in [5, 5.41) is 19.7. The monoisotopic (exact) mass is 227 g/mol. The summed E-state index contributed by atoms with van der Waals surface area (Å²) in [7, 11) is 1.63. The summed E-state index contributed by atoms with van der Waals surface area (Å²) < 4.78 is 1.48. The summed E-state index contributed by atoms with van der Waals surface area (Å²) in [4.78, 5) is 26.1. The predicted octanol–water partition coefficient (Wildman–Crippen LogP) is -1.01. The lowest BCUT2D eigenvalue weighted by atomic mass is 10.2. The fourth-order valence-corrected chi connectivity index (χ4v) is 1.19. The predicted molar refractivity (Wildman–Crippen MR) is 53.8 cm³/mol. The molecular weight excluding hydrogens is 214 g/mol. The standard InChI is InChI=1S/C9H13N3O4/c1-12-5-10-4-7(12)8(14)11-6(2-3-13)9(15)16/h4-6,13H,2-3H2,1H3,(H,11,14)(H,15,16). The molecule has 0 aliphatic carbocycles. The number of imidazole rings is 1. The van der Waals surface area contributed by atoms with Crippen LogP contribution in [0.4, 0.5) is 0 Å². The van der Waals surface area contributed by atoms with E-state index in [1.807, 2.05) is 0 Å². The van der Waals surface area contributed by atoms with Gasteiger partial charge in [0.2, 0.25) is 0 Å². The van der Waals surface area contributed by atoms with Gasteiger partial charge in [-0.2, -0.15) is 0 Å². The molecule has 0 bridgehead atoms. The van der Waals surface area contributed by atoms with E-state index >= 15 is 0 Å². The molecule has 1 unspecified atom stereocenters. The van der Waals surface area contributed by atoms with Crippen molar-refractivity contribution in [1.29, 1.82) is 0 Å². The maximum atomic E-state index is 11.6. The highest BCUT2D eigenvalue weighted by Gasteiger charge is 2.21. The number of aromatic nitrogens is 2. The molecule has 88 valence electrons. The summed E-state index contributed by atoms with van der Waals surface area (Å²) >= 11 is 0. The first-order valence-corrected chi connectivity index (χ1v) is 4.67. The molecule has 0 saturated carbocycles. The number of aliphatic hydroxyl groups is 1. The molecule has 1 aromatic heterocycles. The van der Waals surface area contributed by atoms with Gasteiger partial charge >= 0.3 is 5.97 Å². The van der Waals surface area contributed by atoms with Gasteiger partial charge < -0.3 is 20.1 Å². The fraction of sp³-hybridized carbons (Fsp3) is 0.444. The number of nitrogens with zero attached hydrogens (tertiary/aromatic N) is 2. The first-order chi connectivity index (χ1) is 7.56. The minimum atomic E-state index is -1.18. The zero-order valence-corrected chi connectivity index (χ0v) is 8.75. The van der Waals surface area contributed by atoms with Crippen LogP contribution >= 0.6 is 0 Å². The van der Waals surface area contributed by atoms with Crippen LogP contribution in [0.2, 0.25) is 0 Å². The van der Waals surface area contributed by atoms with Crippen LogP contribution in [0.5, 0.6) is 0 Å². The van der Waals surface area contributed by atoms with Crippen molar-refractivity contribution in [1.82, 2.24) is 14.9 Å². The summed E-state index contributed by atoms with van der Waals surface area (Å²) in [5.74, 6) is -1.70.